The number of allylic oxidation sites excluding steroid dienone is 2. The van der Waals surface area contributed by atoms with Crippen molar-refractivity contribution in [1.29, 1.82) is 0 Å². The van der Waals surface area contributed by atoms with Crippen molar-refractivity contribution >= 4 is 0 Å². The Morgan fingerprint density at radius 1 is 0.757 bits per heavy atom. The van der Waals surface area contributed by atoms with E-state index in [2.05, 4.69) is 31.2 Å². The summed E-state index contributed by atoms with van der Waals surface area (Å²) in [6.45, 7) is 4.63. The van der Waals surface area contributed by atoms with Gasteiger partial charge in [0.1, 0.15) is 0 Å². The Labute approximate surface area is 223 Å². The van der Waals surface area contributed by atoms with Crippen molar-refractivity contribution in [3.8, 4) is 16.9 Å². The lowest BCUT2D eigenvalue weighted by atomic mass is 9.77. The smallest absolute Gasteiger partial charge is 0.201 e. The van der Waals surface area contributed by atoms with Crippen molar-refractivity contribution in [3.63, 3.8) is 0 Å². The van der Waals surface area contributed by atoms with Gasteiger partial charge in [0.2, 0.25) is 5.82 Å². The lowest BCUT2D eigenvalue weighted by molar-refractivity contribution is 0.293. The second-order valence-electron chi connectivity index (χ2n) is 11.5. The molecule has 0 radical (unpaired) electrons. The second kappa shape index (κ2) is 14.1. The second-order valence-corrected chi connectivity index (χ2v) is 11.5. The van der Waals surface area contributed by atoms with E-state index in [-0.39, 0.29) is 5.75 Å². The van der Waals surface area contributed by atoms with E-state index < -0.39 is 11.6 Å². The third-order valence-electron chi connectivity index (χ3n) is 8.79. The lowest BCUT2D eigenvalue weighted by Gasteiger charge is -2.29. The summed E-state index contributed by atoms with van der Waals surface area (Å²) in [5.41, 5.74) is 2.32. The molecule has 0 amide bonds. The van der Waals surface area contributed by atoms with E-state index in [1.54, 1.807) is 6.07 Å². The van der Waals surface area contributed by atoms with E-state index in [0.717, 1.165) is 24.2 Å². The van der Waals surface area contributed by atoms with Crippen LogP contribution >= 0.6 is 0 Å². The predicted molar refractivity (Wildman–Crippen MR) is 151 cm³/mol. The van der Waals surface area contributed by atoms with Gasteiger partial charge < -0.3 is 4.74 Å². The molecule has 1 nitrogen and oxygen atoms in total. The SMILES string of the molecule is CCCOc1ccc(-c2ccc(C3CCC(CC/C=C/C4CCC(CCC)CC4)CC3)cc2)c(F)c1F. The van der Waals surface area contributed by atoms with Gasteiger partial charge in [0.25, 0.3) is 0 Å². The first-order chi connectivity index (χ1) is 18.1. The van der Waals surface area contributed by atoms with Crippen LogP contribution in [0.1, 0.15) is 109 Å². The average Bonchev–Trinajstić information content (AvgIpc) is 2.93. The number of rotatable bonds is 11. The Kier molecular flexibility index (Phi) is 10.6. The van der Waals surface area contributed by atoms with Crippen LogP contribution in [0.2, 0.25) is 0 Å². The minimum atomic E-state index is -0.900. The molecule has 37 heavy (non-hydrogen) atoms. The number of halogens is 2. The Balaban J connectivity index is 1.21. The normalized spacial score (nSPS) is 24.4. The quantitative estimate of drug-likeness (QED) is 0.274. The Hall–Kier alpha value is -2.16. The zero-order valence-electron chi connectivity index (χ0n) is 23.0. The highest BCUT2D eigenvalue weighted by Crippen LogP contribution is 2.39. The summed E-state index contributed by atoms with van der Waals surface area (Å²) in [5.74, 6) is 1.48. The van der Waals surface area contributed by atoms with Crippen LogP contribution < -0.4 is 4.74 Å². The molecule has 0 heterocycles. The Bertz CT molecular complexity index is 980. The van der Waals surface area contributed by atoms with Crippen molar-refractivity contribution in [2.24, 2.45) is 17.8 Å². The first kappa shape index (κ1) is 27.9. The van der Waals surface area contributed by atoms with E-state index in [9.17, 15) is 8.78 Å². The van der Waals surface area contributed by atoms with Gasteiger partial charge in [0, 0.05) is 5.56 Å². The van der Waals surface area contributed by atoms with Crippen LogP contribution in [0.15, 0.2) is 48.6 Å². The molecule has 0 aromatic heterocycles. The molecule has 0 unspecified atom stereocenters. The minimum absolute atomic E-state index is 0.0125. The summed E-state index contributed by atoms with van der Waals surface area (Å²) >= 11 is 0. The standard InChI is InChI=1S/C34H46F2O/c1-3-7-25-10-12-26(13-11-25)8-5-6-9-27-14-16-28(17-15-27)29-18-20-30(21-19-29)31-22-23-32(37-24-4-2)34(36)33(31)35/h5,8,18-23,25-28H,3-4,6-7,9-17,24H2,1-2H3/b8-5+. The lowest BCUT2D eigenvalue weighted by Crippen LogP contribution is -2.13. The summed E-state index contributed by atoms with van der Waals surface area (Å²) < 4.78 is 34.4. The number of hydrogen-bond donors (Lipinski definition) is 0. The molecule has 3 heteroatoms. The van der Waals surface area contributed by atoms with Crippen molar-refractivity contribution in [2.45, 2.75) is 103 Å². The molecule has 0 spiro atoms. The van der Waals surface area contributed by atoms with E-state index in [1.165, 1.54) is 88.7 Å². The summed E-state index contributed by atoms with van der Waals surface area (Å²) in [6.07, 6.45) is 21.7. The van der Waals surface area contributed by atoms with E-state index in [0.29, 0.717) is 23.7 Å². The van der Waals surface area contributed by atoms with E-state index in [1.807, 2.05) is 19.1 Å². The maximum Gasteiger partial charge on any atom is 0.201 e. The van der Waals surface area contributed by atoms with Crippen molar-refractivity contribution in [2.75, 3.05) is 6.61 Å². The van der Waals surface area contributed by atoms with Gasteiger partial charge >= 0.3 is 0 Å². The Morgan fingerprint density at radius 2 is 1.43 bits per heavy atom. The van der Waals surface area contributed by atoms with Gasteiger partial charge in [0.15, 0.2) is 11.6 Å². The highest BCUT2D eigenvalue weighted by Gasteiger charge is 2.23. The molecule has 0 atom stereocenters. The maximum atomic E-state index is 14.7. The molecule has 2 aromatic rings. The molecule has 4 rings (SSSR count). The van der Waals surface area contributed by atoms with Gasteiger partial charge in [0.05, 0.1) is 6.61 Å². The van der Waals surface area contributed by atoms with Gasteiger partial charge in [-0.05, 0) is 118 Å². The molecule has 0 bridgehead atoms. The molecule has 2 aromatic carbocycles. The topological polar surface area (TPSA) is 9.23 Å². The Morgan fingerprint density at radius 3 is 2.11 bits per heavy atom. The monoisotopic (exact) mass is 508 g/mol. The molecule has 0 saturated heterocycles. The van der Waals surface area contributed by atoms with Crippen molar-refractivity contribution < 1.29 is 13.5 Å². The van der Waals surface area contributed by atoms with Crippen LogP contribution in [-0.4, -0.2) is 6.61 Å². The van der Waals surface area contributed by atoms with Gasteiger partial charge in [-0.25, -0.2) is 4.39 Å². The van der Waals surface area contributed by atoms with Crippen LogP contribution in [-0.2, 0) is 0 Å². The zero-order chi connectivity index (χ0) is 26.0. The largest absolute Gasteiger partial charge is 0.490 e. The van der Waals surface area contributed by atoms with Crippen LogP contribution in [0.5, 0.6) is 5.75 Å². The highest BCUT2D eigenvalue weighted by atomic mass is 19.2. The fourth-order valence-electron chi connectivity index (χ4n) is 6.50. The average molecular weight is 509 g/mol. The van der Waals surface area contributed by atoms with E-state index in [4.69, 9.17) is 4.74 Å². The number of benzene rings is 2. The van der Waals surface area contributed by atoms with Crippen LogP contribution in [0, 0.1) is 29.4 Å². The number of ether oxygens (including phenoxy) is 1. The van der Waals surface area contributed by atoms with Gasteiger partial charge in [-0.1, -0.05) is 63.1 Å². The third-order valence-corrected chi connectivity index (χ3v) is 8.79. The molecule has 2 fully saturated rings. The molecule has 0 aliphatic heterocycles. The summed E-state index contributed by atoms with van der Waals surface area (Å²) in [4.78, 5) is 0. The van der Waals surface area contributed by atoms with Crippen molar-refractivity contribution in [1.82, 2.24) is 0 Å². The molecule has 202 valence electrons. The fourth-order valence-corrected chi connectivity index (χ4v) is 6.50. The molecule has 2 aliphatic rings. The number of hydrogen-bond acceptors (Lipinski definition) is 1. The molecule has 2 aliphatic carbocycles. The summed E-state index contributed by atoms with van der Waals surface area (Å²) in [6, 6.07) is 11.2. The fraction of sp³-hybridized carbons (Fsp3) is 0.588. The zero-order valence-corrected chi connectivity index (χ0v) is 23.0. The van der Waals surface area contributed by atoms with Crippen LogP contribution in [0.25, 0.3) is 11.1 Å². The first-order valence-corrected chi connectivity index (χ1v) is 15.0. The molecule has 2 saturated carbocycles. The van der Waals surface area contributed by atoms with Crippen LogP contribution in [0.4, 0.5) is 8.78 Å². The maximum absolute atomic E-state index is 14.7. The first-order valence-electron chi connectivity index (χ1n) is 15.0. The predicted octanol–water partition coefficient (Wildman–Crippen LogP) is 10.6. The van der Waals surface area contributed by atoms with Crippen molar-refractivity contribution in [3.05, 3.63) is 65.7 Å². The molecule has 0 N–H and O–H groups in total. The van der Waals surface area contributed by atoms with Gasteiger partial charge in [-0.2, -0.15) is 4.39 Å². The molecular formula is C34H46F2O. The van der Waals surface area contributed by atoms with Gasteiger partial charge in [-0.3, -0.25) is 0 Å². The van der Waals surface area contributed by atoms with E-state index >= 15 is 0 Å². The van der Waals surface area contributed by atoms with Gasteiger partial charge in [-0.15, -0.1) is 0 Å². The summed E-state index contributed by atoms with van der Waals surface area (Å²) in [5, 5.41) is 0. The van der Waals surface area contributed by atoms with Crippen LogP contribution in [0.3, 0.4) is 0 Å². The summed E-state index contributed by atoms with van der Waals surface area (Å²) in [7, 11) is 0. The highest BCUT2D eigenvalue weighted by molar-refractivity contribution is 5.65. The molecular weight excluding hydrogens is 462 g/mol. The minimum Gasteiger partial charge on any atom is -0.490 e. The third kappa shape index (κ3) is 7.68.